The number of rotatable bonds is 4. The molecule has 0 saturated heterocycles. The maximum atomic E-state index is 4.51. The quantitative estimate of drug-likeness (QED) is 0.863. The first-order chi connectivity index (χ1) is 8.42. The Morgan fingerprint density at radius 2 is 2.06 bits per heavy atom. The summed E-state index contributed by atoms with van der Waals surface area (Å²) in [5.41, 5.74) is 1.84. The van der Waals surface area contributed by atoms with Crippen molar-refractivity contribution in [3.63, 3.8) is 0 Å². The molecule has 2 aromatic heterocycles. The average Bonchev–Trinajstić information content (AvgIpc) is 3.22. The number of nitrogens with one attached hydrogen (secondary N) is 1. The Kier molecular flexibility index (Phi) is 2.80. The van der Waals surface area contributed by atoms with E-state index in [2.05, 4.69) is 20.3 Å². The summed E-state index contributed by atoms with van der Waals surface area (Å²) in [5, 5.41) is 3.44. The molecule has 3 rings (SSSR count). The SMILES string of the molecule is c1ccc(-c2nccc(CNC3CC3)n2)nc1. The molecule has 1 fully saturated rings. The van der Waals surface area contributed by atoms with E-state index in [-0.39, 0.29) is 0 Å². The summed E-state index contributed by atoms with van der Waals surface area (Å²) in [7, 11) is 0. The van der Waals surface area contributed by atoms with Crippen molar-refractivity contribution >= 4 is 0 Å². The van der Waals surface area contributed by atoms with Gasteiger partial charge in [-0.05, 0) is 31.0 Å². The van der Waals surface area contributed by atoms with Crippen molar-refractivity contribution in [2.24, 2.45) is 0 Å². The molecular formula is C13H14N4. The summed E-state index contributed by atoms with van der Waals surface area (Å²) in [6.07, 6.45) is 6.13. The standard InChI is InChI=1S/C13H14N4/c1-2-7-14-12(3-1)13-15-8-6-11(17-13)9-16-10-4-5-10/h1-3,6-8,10,16H,4-5,9H2. The van der Waals surface area contributed by atoms with Crippen molar-refractivity contribution < 1.29 is 0 Å². The molecule has 1 saturated carbocycles. The molecule has 0 aliphatic heterocycles. The Hall–Kier alpha value is -1.81. The van der Waals surface area contributed by atoms with Crippen LogP contribution < -0.4 is 5.32 Å². The summed E-state index contributed by atoms with van der Waals surface area (Å²) in [6, 6.07) is 8.40. The highest BCUT2D eigenvalue weighted by molar-refractivity contribution is 5.47. The van der Waals surface area contributed by atoms with E-state index in [1.807, 2.05) is 24.3 Å². The van der Waals surface area contributed by atoms with Gasteiger partial charge in [-0.3, -0.25) is 4.98 Å². The zero-order valence-corrected chi connectivity index (χ0v) is 9.50. The molecule has 0 aromatic carbocycles. The van der Waals surface area contributed by atoms with Crippen LogP contribution in [0.25, 0.3) is 11.5 Å². The smallest absolute Gasteiger partial charge is 0.178 e. The largest absolute Gasteiger partial charge is 0.308 e. The van der Waals surface area contributed by atoms with Gasteiger partial charge < -0.3 is 5.32 Å². The van der Waals surface area contributed by atoms with Gasteiger partial charge in [0.1, 0.15) is 5.69 Å². The summed E-state index contributed by atoms with van der Waals surface area (Å²) in [5.74, 6) is 0.695. The van der Waals surface area contributed by atoms with Gasteiger partial charge in [-0.15, -0.1) is 0 Å². The van der Waals surface area contributed by atoms with Gasteiger partial charge in [0.05, 0.1) is 5.69 Å². The monoisotopic (exact) mass is 226 g/mol. The lowest BCUT2D eigenvalue weighted by atomic mass is 10.3. The molecular weight excluding hydrogens is 212 g/mol. The summed E-state index contributed by atoms with van der Waals surface area (Å²) in [6.45, 7) is 0.813. The Balaban J connectivity index is 1.78. The average molecular weight is 226 g/mol. The lowest BCUT2D eigenvalue weighted by Crippen LogP contribution is -2.16. The molecule has 17 heavy (non-hydrogen) atoms. The van der Waals surface area contributed by atoms with Gasteiger partial charge in [0, 0.05) is 25.0 Å². The second kappa shape index (κ2) is 4.59. The van der Waals surface area contributed by atoms with E-state index < -0.39 is 0 Å². The van der Waals surface area contributed by atoms with Crippen LogP contribution in [0.5, 0.6) is 0 Å². The van der Waals surface area contributed by atoms with Gasteiger partial charge in [0.2, 0.25) is 0 Å². The van der Waals surface area contributed by atoms with Crippen molar-refractivity contribution in [1.82, 2.24) is 20.3 Å². The first-order valence-electron chi connectivity index (χ1n) is 5.88. The molecule has 0 radical (unpaired) electrons. The number of aromatic nitrogens is 3. The van der Waals surface area contributed by atoms with Crippen LogP contribution in [0.3, 0.4) is 0 Å². The molecule has 1 aliphatic rings. The molecule has 0 bridgehead atoms. The number of hydrogen-bond donors (Lipinski definition) is 1. The maximum Gasteiger partial charge on any atom is 0.178 e. The second-order valence-electron chi connectivity index (χ2n) is 4.24. The van der Waals surface area contributed by atoms with E-state index in [1.54, 1.807) is 12.4 Å². The van der Waals surface area contributed by atoms with Gasteiger partial charge in [-0.25, -0.2) is 9.97 Å². The molecule has 2 aromatic rings. The van der Waals surface area contributed by atoms with Crippen LogP contribution in [-0.4, -0.2) is 21.0 Å². The van der Waals surface area contributed by atoms with Gasteiger partial charge in [0.25, 0.3) is 0 Å². The lowest BCUT2D eigenvalue weighted by molar-refractivity contribution is 0.673. The Bertz CT molecular complexity index is 494. The predicted octanol–water partition coefficient (Wildman–Crippen LogP) is 1.79. The topological polar surface area (TPSA) is 50.7 Å². The first-order valence-corrected chi connectivity index (χ1v) is 5.88. The highest BCUT2D eigenvalue weighted by Gasteiger charge is 2.20. The van der Waals surface area contributed by atoms with Crippen LogP contribution in [0.15, 0.2) is 36.7 Å². The summed E-state index contributed by atoms with van der Waals surface area (Å²) in [4.78, 5) is 13.0. The number of nitrogens with zero attached hydrogens (tertiary/aromatic N) is 3. The molecule has 0 atom stereocenters. The first kappa shape index (κ1) is 10.4. The number of pyridine rings is 1. The Labute approximate surface area is 100 Å². The van der Waals surface area contributed by atoms with Crippen LogP contribution in [0.1, 0.15) is 18.5 Å². The normalized spacial score (nSPS) is 14.8. The molecule has 4 heteroatoms. The van der Waals surface area contributed by atoms with Gasteiger partial charge in [0.15, 0.2) is 5.82 Å². The zero-order valence-electron chi connectivity index (χ0n) is 9.50. The van der Waals surface area contributed by atoms with Crippen molar-refractivity contribution in [3.05, 3.63) is 42.4 Å². The van der Waals surface area contributed by atoms with Gasteiger partial charge in [-0.1, -0.05) is 6.07 Å². The van der Waals surface area contributed by atoms with Crippen molar-refractivity contribution in [3.8, 4) is 11.5 Å². The van der Waals surface area contributed by atoms with Crippen molar-refractivity contribution in [2.45, 2.75) is 25.4 Å². The zero-order chi connectivity index (χ0) is 11.5. The molecule has 0 spiro atoms. The third-order valence-corrected chi connectivity index (χ3v) is 2.76. The molecule has 4 nitrogen and oxygen atoms in total. The van der Waals surface area contributed by atoms with E-state index >= 15 is 0 Å². The lowest BCUT2D eigenvalue weighted by Gasteiger charge is -2.04. The van der Waals surface area contributed by atoms with E-state index in [9.17, 15) is 0 Å². The fraction of sp³-hybridized carbons (Fsp3) is 0.308. The number of hydrogen-bond acceptors (Lipinski definition) is 4. The van der Waals surface area contributed by atoms with Crippen LogP contribution in [0, 0.1) is 0 Å². The van der Waals surface area contributed by atoms with E-state index in [4.69, 9.17) is 0 Å². The van der Waals surface area contributed by atoms with Crippen molar-refractivity contribution in [2.75, 3.05) is 0 Å². The molecule has 0 amide bonds. The van der Waals surface area contributed by atoms with Crippen LogP contribution in [-0.2, 0) is 6.54 Å². The van der Waals surface area contributed by atoms with E-state index in [0.717, 1.165) is 17.9 Å². The van der Waals surface area contributed by atoms with Gasteiger partial charge >= 0.3 is 0 Å². The highest BCUT2D eigenvalue weighted by atomic mass is 15.0. The molecule has 2 heterocycles. The minimum atomic E-state index is 0.695. The van der Waals surface area contributed by atoms with Crippen LogP contribution in [0.2, 0.25) is 0 Å². The van der Waals surface area contributed by atoms with Crippen LogP contribution in [0.4, 0.5) is 0 Å². The van der Waals surface area contributed by atoms with Crippen LogP contribution >= 0.6 is 0 Å². The fourth-order valence-electron chi connectivity index (χ4n) is 1.65. The second-order valence-corrected chi connectivity index (χ2v) is 4.24. The van der Waals surface area contributed by atoms with Gasteiger partial charge in [-0.2, -0.15) is 0 Å². The Morgan fingerprint density at radius 1 is 1.12 bits per heavy atom. The maximum absolute atomic E-state index is 4.51. The predicted molar refractivity (Wildman–Crippen MR) is 65.1 cm³/mol. The minimum absolute atomic E-state index is 0.695. The minimum Gasteiger partial charge on any atom is -0.308 e. The van der Waals surface area contributed by atoms with Crippen molar-refractivity contribution in [1.29, 1.82) is 0 Å². The van der Waals surface area contributed by atoms with E-state index in [1.165, 1.54) is 12.8 Å². The third-order valence-electron chi connectivity index (χ3n) is 2.76. The molecule has 0 unspecified atom stereocenters. The van der Waals surface area contributed by atoms with E-state index in [0.29, 0.717) is 11.9 Å². The Morgan fingerprint density at radius 3 is 2.82 bits per heavy atom. The third kappa shape index (κ3) is 2.65. The molecule has 1 aliphatic carbocycles. The molecule has 1 N–H and O–H groups in total. The summed E-state index contributed by atoms with van der Waals surface area (Å²) < 4.78 is 0. The summed E-state index contributed by atoms with van der Waals surface area (Å²) >= 11 is 0. The highest BCUT2D eigenvalue weighted by Crippen LogP contribution is 2.19. The molecule has 86 valence electrons. The fourth-order valence-corrected chi connectivity index (χ4v) is 1.65.